The van der Waals surface area contributed by atoms with Gasteiger partial charge in [0.1, 0.15) is 12.3 Å². The van der Waals surface area contributed by atoms with Crippen LogP contribution >= 0.6 is 0 Å². The SMILES string of the molecule is C=C(c1conc1C)N1Cc2ccccc2CC1C(=O)OCC. The maximum absolute atomic E-state index is 12.4. The van der Waals surface area contributed by atoms with Gasteiger partial charge in [0.2, 0.25) is 0 Å². The second-order valence-corrected chi connectivity index (χ2v) is 5.63. The number of esters is 1. The molecule has 0 fully saturated rings. The number of fused-ring (bicyclic) bond motifs is 1. The minimum atomic E-state index is -0.383. The Hall–Kier alpha value is -2.56. The lowest BCUT2D eigenvalue weighted by molar-refractivity contribution is -0.148. The van der Waals surface area contributed by atoms with E-state index in [2.05, 4.69) is 23.9 Å². The Morgan fingerprint density at radius 2 is 2.17 bits per heavy atom. The van der Waals surface area contributed by atoms with Crippen LogP contribution in [0.3, 0.4) is 0 Å². The van der Waals surface area contributed by atoms with Crippen LogP contribution in [-0.4, -0.2) is 28.7 Å². The van der Waals surface area contributed by atoms with Gasteiger partial charge in [0.05, 0.1) is 17.9 Å². The molecule has 5 nitrogen and oxygen atoms in total. The van der Waals surface area contributed by atoms with Gasteiger partial charge in [0.25, 0.3) is 0 Å². The van der Waals surface area contributed by atoms with Gasteiger partial charge in [-0.05, 0) is 25.0 Å². The number of rotatable bonds is 4. The predicted molar refractivity (Wildman–Crippen MR) is 86.4 cm³/mol. The number of hydrogen-bond acceptors (Lipinski definition) is 5. The van der Waals surface area contributed by atoms with Crippen LogP contribution in [0.5, 0.6) is 0 Å². The minimum Gasteiger partial charge on any atom is -0.464 e. The molecule has 0 bridgehead atoms. The number of carbonyl (C=O) groups excluding carboxylic acids is 1. The Kier molecular flexibility index (Phi) is 4.19. The molecule has 1 aromatic heterocycles. The lowest BCUT2D eigenvalue weighted by atomic mass is 9.93. The molecule has 0 aliphatic carbocycles. The Labute approximate surface area is 135 Å². The van der Waals surface area contributed by atoms with Crippen LogP contribution in [0.15, 0.2) is 41.6 Å². The van der Waals surface area contributed by atoms with E-state index in [9.17, 15) is 4.79 Å². The number of ether oxygens (including phenoxy) is 1. The highest BCUT2D eigenvalue weighted by atomic mass is 16.5. The Morgan fingerprint density at radius 3 is 2.83 bits per heavy atom. The molecule has 0 amide bonds. The molecule has 0 saturated heterocycles. The van der Waals surface area contributed by atoms with E-state index in [4.69, 9.17) is 9.26 Å². The van der Waals surface area contributed by atoms with E-state index in [1.54, 1.807) is 6.26 Å². The van der Waals surface area contributed by atoms with E-state index in [0.29, 0.717) is 19.6 Å². The molecular formula is C18H20N2O3. The van der Waals surface area contributed by atoms with Gasteiger partial charge in [-0.15, -0.1) is 0 Å². The van der Waals surface area contributed by atoms with Crippen molar-refractivity contribution in [2.24, 2.45) is 0 Å². The fourth-order valence-electron chi connectivity index (χ4n) is 2.98. The van der Waals surface area contributed by atoms with Gasteiger partial charge in [0, 0.05) is 18.7 Å². The maximum Gasteiger partial charge on any atom is 0.329 e. The van der Waals surface area contributed by atoms with Crippen LogP contribution in [0.1, 0.15) is 29.3 Å². The monoisotopic (exact) mass is 312 g/mol. The smallest absolute Gasteiger partial charge is 0.329 e. The summed E-state index contributed by atoms with van der Waals surface area (Å²) in [6.45, 7) is 8.82. The zero-order chi connectivity index (χ0) is 16.4. The van der Waals surface area contributed by atoms with Crippen molar-refractivity contribution in [3.05, 3.63) is 59.5 Å². The summed E-state index contributed by atoms with van der Waals surface area (Å²) in [4.78, 5) is 14.4. The second-order valence-electron chi connectivity index (χ2n) is 5.63. The number of carbonyl (C=O) groups is 1. The third-order valence-electron chi connectivity index (χ3n) is 4.21. The highest BCUT2D eigenvalue weighted by Crippen LogP contribution is 2.31. The van der Waals surface area contributed by atoms with Gasteiger partial charge >= 0.3 is 5.97 Å². The first-order valence-electron chi connectivity index (χ1n) is 7.72. The molecule has 5 heteroatoms. The summed E-state index contributed by atoms with van der Waals surface area (Å²) in [5, 5.41) is 3.90. The molecule has 1 atom stereocenters. The molecule has 0 N–H and O–H groups in total. The number of hydrogen-bond donors (Lipinski definition) is 0. The largest absolute Gasteiger partial charge is 0.464 e. The first-order valence-corrected chi connectivity index (χ1v) is 7.72. The molecule has 23 heavy (non-hydrogen) atoms. The van der Waals surface area contributed by atoms with Crippen molar-refractivity contribution >= 4 is 11.7 Å². The lowest BCUT2D eigenvalue weighted by Gasteiger charge is -2.37. The molecule has 120 valence electrons. The van der Waals surface area contributed by atoms with Crippen LogP contribution in [0.2, 0.25) is 0 Å². The molecule has 1 aliphatic heterocycles. The molecule has 3 rings (SSSR count). The zero-order valence-corrected chi connectivity index (χ0v) is 13.4. The summed E-state index contributed by atoms with van der Waals surface area (Å²) >= 11 is 0. The van der Waals surface area contributed by atoms with Gasteiger partial charge < -0.3 is 14.2 Å². The zero-order valence-electron chi connectivity index (χ0n) is 13.4. The van der Waals surface area contributed by atoms with E-state index >= 15 is 0 Å². The van der Waals surface area contributed by atoms with Crippen LogP contribution < -0.4 is 0 Å². The van der Waals surface area contributed by atoms with E-state index < -0.39 is 0 Å². The number of nitrogens with zero attached hydrogens (tertiary/aromatic N) is 2. The molecule has 1 unspecified atom stereocenters. The molecule has 0 saturated carbocycles. The van der Waals surface area contributed by atoms with Crippen molar-refractivity contribution in [3.8, 4) is 0 Å². The quantitative estimate of drug-likeness (QED) is 0.813. The van der Waals surface area contributed by atoms with E-state index in [-0.39, 0.29) is 12.0 Å². The van der Waals surface area contributed by atoms with Crippen LogP contribution in [0, 0.1) is 6.92 Å². The minimum absolute atomic E-state index is 0.225. The van der Waals surface area contributed by atoms with Crippen molar-refractivity contribution in [2.75, 3.05) is 6.61 Å². The summed E-state index contributed by atoms with van der Waals surface area (Å²) in [6.07, 6.45) is 2.18. The highest BCUT2D eigenvalue weighted by Gasteiger charge is 2.34. The van der Waals surface area contributed by atoms with Gasteiger partial charge in [-0.25, -0.2) is 4.79 Å². The first-order chi connectivity index (χ1) is 11.1. The second kappa shape index (κ2) is 6.28. The molecule has 0 radical (unpaired) electrons. The normalized spacial score (nSPS) is 16.8. The van der Waals surface area contributed by atoms with Crippen molar-refractivity contribution in [1.29, 1.82) is 0 Å². The molecule has 2 aromatic rings. The van der Waals surface area contributed by atoms with E-state index in [0.717, 1.165) is 17.0 Å². The topological polar surface area (TPSA) is 55.6 Å². The summed E-state index contributed by atoms with van der Waals surface area (Å²) < 4.78 is 10.3. The highest BCUT2D eigenvalue weighted by molar-refractivity contribution is 5.80. The summed E-state index contributed by atoms with van der Waals surface area (Å²) in [5.74, 6) is -0.225. The fraction of sp³-hybridized carbons (Fsp3) is 0.333. The fourth-order valence-corrected chi connectivity index (χ4v) is 2.98. The Morgan fingerprint density at radius 1 is 1.43 bits per heavy atom. The number of benzene rings is 1. The Balaban J connectivity index is 1.96. The van der Waals surface area contributed by atoms with Gasteiger partial charge in [-0.1, -0.05) is 36.0 Å². The van der Waals surface area contributed by atoms with E-state index in [1.807, 2.05) is 30.9 Å². The van der Waals surface area contributed by atoms with Crippen LogP contribution in [-0.2, 0) is 22.5 Å². The number of aromatic nitrogens is 1. The van der Waals surface area contributed by atoms with Crippen molar-refractivity contribution in [2.45, 2.75) is 32.9 Å². The summed E-state index contributed by atoms with van der Waals surface area (Å²) in [6, 6.07) is 7.76. The van der Waals surface area contributed by atoms with E-state index in [1.165, 1.54) is 11.1 Å². The van der Waals surface area contributed by atoms with Crippen molar-refractivity contribution < 1.29 is 14.1 Å². The average molecular weight is 312 g/mol. The molecule has 1 aliphatic rings. The Bertz CT molecular complexity index is 735. The molecule has 2 heterocycles. The molecule has 0 spiro atoms. The molecular weight excluding hydrogens is 292 g/mol. The standard InChI is InChI=1S/C18H20N2O3/c1-4-22-18(21)17-9-14-7-5-6-8-15(14)10-20(17)13(3)16-11-23-19-12(16)2/h5-8,11,17H,3-4,9-10H2,1-2H3. The molecule has 1 aromatic carbocycles. The third kappa shape index (κ3) is 2.86. The van der Waals surface area contributed by atoms with Gasteiger partial charge in [-0.3, -0.25) is 0 Å². The van der Waals surface area contributed by atoms with Crippen LogP contribution in [0.4, 0.5) is 0 Å². The summed E-state index contributed by atoms with van der Waals surface area (Å²) in [5.41, 5.74) is 4.69. The van der Waals surface area contributed by atoms with Gasteiger partial charge in [-0.2, -0.15) is 0 Å². The van der Waals surface area contributed by atoms with Crippen molar-refractivity contribution in [3.63, 3.8) is 0 Å². The third-order valence-corrected chi connectivity index (χ3v) is 4.21. The van der Waals surface area contributed by atoms with Gasteiger partial charge in [0.15, 0.2) is 0 Å². The van der Waals surface area contributed by atoms with Crippen LogP contribution in [0.25, 0.3) is 5.70 Å². The predicted octanol–water partition coefficient (Wildman–Crippen LogP) is 2.94. The lowest BCUT2D eigenvalue weighted by Crippen LogP contribution is -2.45. The summed E-state index contributed by atoms with van der Waals surface area (Å²) in [7, 11) is 0. The first kappa shape index (κ1) is 15.3. The maximum atomic E-state index is 12.4. The number of aryl methyl sites for hydroxylation is 1. The average Bonchev–Trinajstić information content (AvgIpc) is 2.99. The van der Waals surface area contributed by atoms with Crippen molar-refractivity contribution in [1.82, 2.24) is 10.1 Å².